The molecular formula is C23H14. The summed E-state index contributed by atoms with van der Waals surface area (Å²) in [5, 5.41) is 7.78. The first-order chi connectivity index (χ1) is 11.3. The lowest BCUT2D eigenvalue weighted by Gasteiger charge is -2.09. The summed E-state index contributed by atoms with van der Waals surface area (Å²) in [6.07, 6.45) is 8.65. The van der Waals surface area contributed by atoms with Crippen LogP contribution in [0.4, 0.5) is 0 Å². The highest BCUT2D eigenvalue weighted by atomic mass is 14.2. The van der Waals surface area contributed by atoms with Gasteiger partial charge >= 0.3 is 0 Å². The average Bonchev–Trinajstić information content (AvgIpc) is 3.03. The van der Waals surface area contributed by atoms with Gasteiger partial charge in [0.25, 0.3) is 0 Å². The monoisotopic (exact) mass is 290 g/mol. The Morgan fingerprint density at radius 1 is 0.739 bits per heavy atom. The zero-order chi connectivity index (χ0) is 15.4. The third-order valence-corrected chi connectivity index (χ3v) is 4.90. The van der Waals surface area contributed by atoms with E-state index in [1.165, 1.54) is 43.4 Å². The number of benzene rings is 4. The second-order valence-electron chi connectivity index (χ2n) is 6.21. The fourth-order valence-corrected chi connectivity index (χ4v) is 3.75. The summed E-state index contributed by atoms with van der Waals surface area (Å²) in [5.41, 5.74) is 3.71. The number of hydrogen-bond donors (Lipinski definition) is 0. The van der Waals surface area contributed by atoms with Crippen LogP contribution in [0.25, 0.3) is 38.4 Å². The fraction of sp³-hybridized carbons (Fsp3) is 0.0435. The van der Waals surface area contributed by atoms with Crippen molar-refractivity contribution >= 4 is 38.4 Å². The highest BCUT2D eigenvalue weighted by Crippen LogP contribution is 2.36. The van der Waals surface area contributed by atoms with E-state index in [0.29, 0.717) is 0 Å². The number of hydrogen-bond acceptors (Lipinski definition) is 0. The zero-order valence-electron chi connectivity index (χ0n) is 12.6. The lowest BCUT2D eigenvalue weighted by Crippen LogP contribution is -1.86. The van der Waals surface area contributed by atoms with Crippen LogP contribution in [0, 0.1) is 12.3 Å². The highest BCUT2D eigenvalue weighted by molar-refractivity contribution is 6.14. The highest BCUT2D eigenvalue weighted by Gasteiger charge is 2.15. The number of terminal acetylenes is 1. The predicted octanol–water partition coefficient (Wildman–Crippen LogP) is 5.72. The molecule has 23 heavy (non-hydrogen) atoms. The molecule has 1 aliphatic rings. The van der Waals surface area contributed by atoms with Gasteiger partial charge in [-0.05, 0) is 61.7 Å². The lowest BCUT2D eigenvalue weighted by atomic mass is 9.94. The molecule has 0 spiro atoms. The maximum Gasteiger partial charge on any atom is 0.00679 e. The number of fused-ring (bicyclic) bond motifs is 6. The topological polar surface area (TPSA) is 0 Å². The second kappa shape index (κ2) is 4.48. The normalized spacial score (nSPS) is 13.3. The van der Waals surface area contributed by atoms with Gasteiger partial charge in [-0.25, -0.2) is 0 Å². The molecule has 0 unspecified atom stereocenters. The van der Waals surface area contributed by atoms with Crippen molar-refractivity contribution in [1.82, 2.24) is 0 Å². The Balaban J connectivity index is 1.92. The lowest BCUT2D eigenvalue weighted by molar-refractivity contribution is 1.27. The fourth-order valence-electron chi connectivity index (χ4n) is 3.75. The van der Waals surface area contributed by atoms with Gasteiger partial charge in [-0.15, -0.1) is 6.42 Å². The third-order valence-electron chi connectivity index (χ3n) is 4.90. The Morgan fingerprint density at radius 3 is 2.35 bits per heavy atom. The summed E-state index contributed by atoms with van der Waals surface area (Å²) in [7, 11) is 0. The van der Waals surface area contributed by atoms with Crippen LogP contribution in [-0.4, -0.2) is 0 Å². The van der Waals surface area contributed by atoms with E-state index in [0.717, 1.165) is 12.0 Å². The van der Waals surface area contributed by atoms with Gasteiger partial charge in [-0.1, -0.05) is 54.5 Å². The first-order valence-electron chi connectivity index (χ1n) is 7.88. The Kier molecular flexibility index (Phi) is 2.43. The van der Waals surface area contributed by atoms with E-state index in [4.69, 9.17) is 6.42 Å². The van der Waals surface area contributed by atoms with E-state index in [-0.39, 0.29) is 0 Å². The molecule has 0 bridgehead atoms. The molecule has 0 aliphatic heterocycles. The minimum absolute atomic E-state index is 0.886. The van der Waals surface area contributed by atoms with E-state index < -0.39 is 0 Å². The average molecular weight is 290 g/mol. The summed E-state index contributed by atoms with van der Waals surface area (Å²) in [4.78, 5) is 0. The first kappa shape index (κ1) is 12.5. The maximum atomic E-state index is 5.59. The van der Waals surface area contributed by atoms with Crippen LogP contribution in [-0.2, 0) is 6.42 Å². The van der Waals surface area contributed by atoms with Crippen molar-refractivity contribution in [2.45, 2.75) is 6.42 Å². The minimum Gasteiger partial charge on any atom is -0.115 e. The molecule has 0 N–H and O–H groups in total. The quantitative estimate of drug-likeness (QED) is 0.221. The largest absolute Gasteiger partial charge is 0.115 e. The van der Waals surface area contributed by atoms with E-state index in [9.17, 15) is 0 Å². The minimum atomic E-state index is 0.886. The number of allylic oxidation sites excluding steroid dienone is 1. The molecule has 0 fully saturated rings. The van der Waals surface area contributed by atoms with Gasteiger partial charge in [0, 0.05) is 12.0 Å². The van der Waals surface area contributed by atoms with Crippen molar-refractivity contribution in [3.63, 3.8) is 0 Å². The van der Waals surface area contributed by atoms with Gasteiger partial charge < -0.3 is 0 Å². The first-order valence-corrected chi connectivity index (χ1v) is 7.88. The molecule has 4 aromatic carbocycles. The van der Waals surface area contributed by atoms with Crippen LogP contribution in [0.15, 0.2) is 66.2 Å². The number of rotatable bonds is 0. The predicted molar refractivity (Wildman–Crippen MR) is 99.5 cm³/mol. The summed E-state index contributed by atoms with van der Waals surface area (Å²) >= 11 is 0. The van der Waals surface area contributed by atoms with Crippen LogP contribution in [0.3, 0.4) is 0 Å². The molecule has 0 radical (unpaired) electrons. The molecule has 0 amide bonds. The maximum absolute atomic E-state index is 5.59. The zero-order valence-corrected chi connectivity index (χ0v) is 12.6. The van der Waals surface area contributed by atoms with Crippen LogP contribution in [0.2, 0.25) is 0 Å². The second-order valence-corrected chi connectivity index (χ2v) is 6.21. The summed E-state index contributed by atoms with van der Waals surface area (Å²) in [6.45, 7) is 0. The SMILES string of the molecule is C#CC1=Cc2c(ccc3c2ccc2cc4ccccc4cc23)C1. The Hall–Kier alpha value is -3.04. The van der Waals surface area contributed by atoms with Crippen molar-refractivity contribution in [2.75, 3.05) is 0 Å². The van der Waals surface area contributed by atoms with E-state index in [1.807, 2.05) is 0 Å². The van der Waals surface area contributed by atoms with E-state index in [1.54, 1.807) is 0 Å². The molecule has 4 aromatic rings. The van der Waals surface area contributed by atoms with Crippen molar-refractivity contribution in [1.29, 1.82) is 0 Å². The summed E-state index contributed by atoms with van der Waals surface area (Å²) in [6, 6.07) is 22.1. The molecule has 106 valence electrons. The Labute approximate surface area is 135 Å². The van der Waals surface area contributed by atoms with E-state index in [2.05, 4.69) is 72.7 Å². The molecular weight excluding hydrogens is 276 g/mol. The van der Waals surface area contributed by atoms with Crippen molar-refractivity contribution in [3.8, 4) is 12.3 Å². The third kappa shape index (κ3) is 1.74. The van der Waals surface area contributed by atoms with Gasteiger partial charge in [0.15, 0.2) is 0 Å². The Bertz CT molecular complexity index is 1180. The van der Waals surface area contributed by atoms with Crippen molar-refractivity contribution in [2.24, 2.45) is 0 Å². The van der Waals surface area contributed by atoms with Crippen LogP contribution in [0.1, 0.15) is 11.1 Å². The van der Waals surface area contributed by atoms with Crippen molar-refractivity contribution < 1.29 is 0 Å². The van der Waals surface area contributed by atoms with Gasteiger partial charge in [-0.2, -0.15) is 0 Å². The molecule has 0 heteroatoms. The van der Waals surface area contributed by atoms with Crippen molar-refractivity contribution in [3.05, 3.63) is 77.4 Å². The standard InChI is InChI=1S/C23H14/c1-2-15-11-18-7-9-21-20(22(18)12-15)10-8-19-13-16-5-3-4-6-17(16)14-23(19)21/h1,3-10,12-14H,11H2. The summed E-state index contributed by atoms with van der Waals surface area (Å²) < 4.78 is 0. The molecule has 5 rings (SSSR count). The van der Waals surface area contributed by atoms with Crippen LogP contribution >= 0.6 is 0 Å². The molecule has 1 aliphatic carbocycles. The molecule has 0 saturated heterocycles. The van der Waals surface area contributed by atoms with Gasteiger partial charge in [-0.3, -0.25) is 0 Å². The summed E-state index contributed by atoms with van der Waals surface area (Å²) in [5.74, 6) is 2.80. The van der Waals surface area contributed by atoms with Gasteiger partial charge in [0.05, 0.1) is 0 Å². The smallest absolute Gasteiger partial charge is 0.00679 e. The van der Waals surface area contributed by atoms with Crippen LogP contribution < -0.4 is 0 Å². The van der Waals surface area contributed by atoms with E-state index >= 15 is 0 Å². The Morgan fingerprint density at radius 2 is 1.52 bits per heavy atom. The van der Waals surface area contributed by atoms with Gasteiger partial charge in [0.1, 0.15) is 0 Å². The molecule has 0 aromatic heterocycles. The molecule has 0 atom stereocenters. The van der Waals surface area contributed by atoms with Gasteiger partial charge in [0.2, 0.25) is 0 Å². The molecule has 0 nitrogen and oxygen atoms in total. The molecule has 0 heterocycles. The van der Waals surface area contributed by atoms with Crippen LogP contribution in [0.5, 0.6) is 0 Å². The molecule has 0 saturated carbocycles.